The highest BCUT2D eigenvalue weighted by Gasteiger charge is 2.39. The first-order valence-electron chi connectivity index (χ1n) is 5.95. The molecule has 0 spiro atoms. The molecule has 0 bridgehead atoms. The Morgan fingerprint density at radius 2 is 2.28 bits per heavy atom. The van der Waals surface area contributed by atoms with E-state index in [1.807, 2.05) is 12.1 Å². The summed E-state index contributed by atoms with van der Waals surface area (Å²) in [6.45, 7) is 2.21. The van der Waals surface area contributed by atoms with Crippen LogP contribution in [0, 0.1) is 0 Å². The van der Waals surface area contributed by atoms with Crippen molar-refractivity contribution >= 4 is 33.2 Å². The van der Waals surface area contributed by atoms with Gasteiger partial charge in [0, 0.05) is 12.0 Å². The number of amides is 1. The van der Waals surface area contributed by atoms with E-state index in [2.05, 4.69) is 26.6 Å². The molecule has 1 aromatic rings. The van der Waals surface area contributed by atoms with Gasteiger partial charge in [-0.05, 0) is 54.0 Å². The molecule has 0 atom stereocenters. The molecular formula is C12H17BrN2O2S. The van der Waals surface area contributed by atoms with Crippen LogP contribution in [0.15, 0.2) is 15.9 Å². The number of carbonyl (C=O) groups excluding carboxylic acids is 1. The van der Waals surface area contributed by atoms with Crippen molar-refractivity contribution in [1.29, 1.82) is 0 Å². The fraction of sp³-hybridized carbons (Fsp3) is 0.583. The third kappa shape index (κ3) is 3.12. The molecular weight excluding hydrogens is 316 g/mol. The van der Waals surface area contributed by atoms with E-state index in [4.69, 9.17) is 4.74 Å². The van der Waals surface area contributed by atoms with Crippen LogP contribution in [0.25, 0.3) is 0 Å². The number of halogens is 1. The Morgan fingerprint density at radius 1 is 1.56 bits per heavy atom. The summed E-state index contributed by atoms with van der Waals surface area (Å²) < 4.78 is 6.56. The number of methoxy groups -OCH3 is 1. The number of rotatable bonds is 4. The molecule has 0 aromatic carbocycles. The van der Waals surface area contributed by atoms with Gasteiger partial charge < -0.3 is 15.4 Å². The summed E-state index contributed by atoms with van der Waals surface area (Å²) in [5, 5.41) is 6.21. The summed E-state index contributed by atoms with van der Waals surface area (Å²) in [6, 6.07) is 4.00. The molecule has 2 N–H and O–H groups in total. The van der Waals surface area contributed by atoms with Crippen LogP contribution < -0.4 is 10.6 Å². The van der Waals surface area contributed by atoms with E-state index >= 15 is 0 Å². The summed E-state index contributed by atoms with van der Waals surface area (Å²) in [5.41, 5.74) is -0.653. The molecule has 0 aliphatic carbocycles. The standard InChI is InChI=1S/C12H17BrN2O2S/c1-17-12(4-6-14-7-5-12)11(16)15-8-9-2-3-10(13)18-9/h2-3,14H,4-8H2,1H3,(H,15,16). The molecule has 18 heavy (non-hydrogen) atoms. The molecule has 1 aromatic heterocycles. The van der Waals surface area contributed by atoms with Gasteiger partial charge in [0.05, 0.1) is 10.3 Å². The topological polar surface area (TPSA) is 50.4 Å². The Kier molecular flexibility index (Phi) is 4.77. The molecule has 1 fully saturated rings. The Morgan fingerprint density at radius 3 is 2.83 bits per heavy atom. The van der Waals surface area contributed by atoms with Crippen molar-refractivity contribution in [2.45, 2.75) is 25.0 Å². The molecule has 1 amide bonds. The molecule has 0 unspecified atom stereocenters. The maximum Gasteiger partial charge on any atom is 0.252 e. The van der Waals surface area contributed by atoms with Crippen molar-refractivity contribution in [2.24, 2.45) is 0 Å². The zero-order chi connectivity index (χ0) is 13.0. The van der Waals surface area contributed by atoms with Gasteiger partial charge in [0.25, 0.3) is 5.91 Å². The van der Waals surface area contributed by atoms with E-state index in [1.54, 1.807) is 18.4 Å². The fourth-order valence-electron chi connectivity index (χ4n) is 2.13. The summed E-state index contributed by atoms with van der Waals surface area (Å²) >= 11 is 5.04. The Hall–Kier alpha value is -0.430. The minimum absolute atomic E-state index is 0.00368. The molecule has 2 rings (SSSR count). The van der Waals surface area contributed by atoms with E-state index in [-0.39, 0.29) is 5.91 Å². The largest absolute Gasteiger partial charge is 0.368 e. The van der Waals surface area contributed by atoms with Crippen LogP contribution in [0.5, 0.6) is 0 Å². The molecule has 2 heterocycles. The number of hydrogen-bond acceptors (Lipinski definition) is 4. The third-order valence-corrected chi connectivity index (χ3v) is 4.89. The Labute approximate surface area is 119 Å². The average Bonchev–Trinajstić information content (AvgIpc) is 2.82. The number of carbonyl (C=O) groups is 1. The van der Waals surface area contributed by atoms with Gasteiger partial charge in [-0.2, -0.15) is 0 Å². The minimum atomic E-state index is -0.653. The van der Waals surface area contributed by atoms with Gasteiger partial charge in [0.15, 0.2) is 0 Å². The molecule has 100 valence electrons. The number of ether oxygens (including phenoxy) is 1. The van der Waals surface area contributed by atoms with Crippen molar-refractivity contribution in [3.63, 3.8) is 0 Å². The van der Waals surface area contributed by atoms with Gasteiger partial charge in [0.2, 0.25) is 0 Å². The van der Waals surface area contributed by atoms with E-state index in [9.17, 15) is 4.79 Å². The van der Waals surface area contributed by atoms with Gasteiger partial charge in [0.1, 0.15) is 5.60 Å². The maximum absolute atomic E-state index is 12.3. The lowest BCUT2D eigenvalue weighted by Gasteiger charge is -2.34. The monoisotopic (exact) mass is 332 g/mol. The van der Waals surface area contributed by atoms with Crippen LogP contribution >= 0.6 is 27.3 Å². The number of nitrogens with one attached hydrogen (secondary N) is 2. The average molecular weight is 333 g/mol. The van der Waals surface area contributed by atoms with Crippen molar-refractivity contribution in [2.75, 3.05) is 20.2 Å². The molecule has 1 saturated heterocycles. The van der Waals surface area contributed by atoms with Crippen LogP contribution in [-0.2, 0) is 16.1 Å². The summed E-state index contributed by atoms with van der Waals surface area (Å²) in [7, 11) is 1.62. The number of hydrogen-bond donors (Lipinski definition) is 2. The highest BCUT2D eigenvalue weighted by molar-refractivity contribution is 9.11. The van der Waals surface area contributed by atoms with E-state index in [0.717, 1.165) is 34.6 Å². The first kappa shape index (κ1) is 14.0. The first-order valence-corrected chi connectivity index (χ1v) is 7.56. The van der Waals surface area contributed by atoms with Crippen molar-refractivity contribution in [1.82, 2.24) is 10.6 Å². The zero-order valence-electron chi connectivity index (χ0n) is 10.3. The second-order valence-corrected chi connectivity index (χ2v) is 6.88. The SMILES string of the molecule is COC1(C(=O)NCc2ccc(Br)s2)CCNCC1. The summed E-state index contributed by atoms with van der Waals surface area (Å²) in [4.78, 5) is 13.4. The molecule has 1 aliphatic heterocycles. The van der Waals surface area contributed by atoms with Gasteiger partial charge in [-0.3, -0.25) is 4.79 Å². The number of thiophene rings is 1. The zero-order valence-corrected chi connectivity index (χ0v) is 12.7. The fourth-order valence-corrected chi connectivity index (χ4v) is 3.55. The van der Waals surface area contributed by atoms with Crippen molar-refractivity contribution in [3.05, 3.63) is 20.8 Å². The molecule has 0 saturated carbocycles. The highest BCUT2D eigenvalue weighted by Crippen LogP contribution is 2.24. The molecule has 1 aliphatic rings. The van der Waals surface area contributed by atoms with Crippen molar-refractivity contribution in [3.8, 4) is 0 Å². The predicted octanol–water partition coefficient (Wildman–Crippen LogP) is 1.90. The normalized spacial score (nSPS) is 18.6. The predicted molar refractivity (Wildman–Crippen MR) is 75.7 cm³/mol. The lowest BCUT2D eigenvalue weighted by atomic mass is 9.91. The van der Waals surface area contributed by atoms with Gasteiger partial charge in [-0.25, -0.2) is 0 Å². The minimum Gasteiger partial charge on any atom is -0.368 e. The van der Waals surface area contributed by atoms with E-state index < -0.39 is 5.60 Å². The lowest BCUT2D eigenvalue weighted by molar-refractivity contribution is -0.146. The Bertz CT molecular complexity index is 416. The highest BCUT2D eigenvalue weighted by atomic mass is 79.9. The second kappa shape index (κ2) is 6.14. The van der Waals surface area contributed by atoms with Gasteiger partial charge >= 0.3 is 0 Å². The van der Waals surface area contributed by atoms with Crippen LogP contribution in [0.4, 0.5) is 0 Å². The van der Waals surface area contributed by atoms with Crippen molar-refractivity contribution < 1.29 is 9.53 Å². The van der Waals surface area contributed by atoms with Crippen LogP contribution in [0.3, 0.4) is 0 Å². The van der Waals surface area contributed by atoms with Crippen LogP contribution in [0.1, 0.15) is 17.7 Å². The first-order chi connectivity index (χ1) is 8.66. The second-order valence-electron chi connectivity index (χ2n) is 4.34. The quantitative estimate of drug-likeness (QED) is 0.885. The molecule has 0 radical (unpaired) electrons. The number of piperidine rings is 1. The van der Waals surface area contributed by atoms with E-state index in [0.29, 0.717) is 6.54 Å². The Balaban J connectivity index is 1.93. The third-order valence-electron chi connectivity index (χ3n) is 3.27. The summed E-state index contributed by atoms with van der Waals surface area (Å²) in [6.07, 6.45) is 1.45. The summed E-state index contributed by atoms with van der Waals surface area (Å²) in [5.74, 6) is -0.00368. The van der Waals surface area contributed by atoms with Gasteiger partial charge in [-0.15, -0.1) is 11.3 Å². The lowest BCUT2D eigenvalue weighted by Crippen LogP contribution is -2.53. The van der Waals surface area contributed by atoms with Crippen LogP contribution in [0.2, 0.25) is 0 Å². The maximum atomic E-state index is 12.3. The van der Waals surface area contributed by atoms with Gasteiger partial charge in [-0.1, -0.05) is 0 Å². The smallest absolute Gasteiger partial charge is 0.252 e. The molecule has 6 heteroatoms. The van der Waals surface area contributed by atoms with E-state index in [1.165, 1.54) is 0 Å². The molecule has 4 nitrogen and oxygen atoms in total. The van der Waals surface area contributed by atoms with Crippen LogP contribution in [-0.4, -0.2) is 31.7 Å².